The largest absolute Gasteiger partial charge is 0.329 e. The number of carbonyl (C=O) groups excluding carboxylic acids is 1. The van der Waals surface area contributed by atoms with Gasteiger partial charge in [0.05, 0.1) is 12.8 Å². The van der Waals surface area contributed by atoms with Gasteiger partial charge in [0.1, 0.15) is 6.04 Å². The van der Waals surface area contributed by atoms with Crippen LogP contribution in [0, 0.1) is 0 Å². The molecule has 0 bridgehead atoms. The van der Waals surface area contributed by atoms with Crippen LogP contribution in [0.25, 0.3) is 0 Å². The van der Waals surface area contributed by atoms with Crippen molar-refractivity contribution in [2.75, 3.05) is 12.8 Å². The molecule has 1 N–H and O–H groups in total. The number of alkyl halides is 1. The van der Waals surface area contributed by atoms with Gasteiger partial charge in [-0.15, -0.1) is 10.2 Å². The average Bonchev–Trinajstić information content (AvgIpc) is 3.49. The van der Waals surface area contributed by atoms with E-state index in [4.69, 9.17) is 0 Å². The Kier molecular flexibility index (Phi) is 9.63. The Morgan fingerprint density at radius 2 is 1.74 bits per heavy atom. The molecule has 2 atom stereocenters. The Morgan fingerprint density at radius 3 is 2.24 bits per heavy atom. The first-order valence-corrected chi connectivity index (χ1v) is 14.1. The van der Waals surface area contributed by atoms with E-state index in [0.717, 1.165) is 17.1 Å². The molecule has 3 aromatic rings. The van der Waals surface area contributed by atoms with Crippen LogP contribution in [0.2, 0.25) is 0 Å². The molecule has 1 fully saturated rings. The van der Waals surface area contributed by atoms with Crippen LogP contribution in [0.15, 0.2) is 60.7 Å². The van der Waals surface area contributed by atoms with E-state index in [1.165, 1.54) is 9.87 Å². The zero-order valence-corrected chi connectivity index (χ0v) is 22.0. The molecule has 2 aromatic carbocycles. The molecule has 1 amide bonds. The predicted molar refractivity (Wildman–Crippen MR) is 137 cm³/mol. The number of tetrazole rings is 1. The number of aromatic amines is 1. The van der Waals surface area contributed by atoms with E-state index in [0.29, 0.717) is 18.8 Å². The van der Waals surface area contributed by atoms with Crippen molar-refractivity contribution in [2.24, 2.45) is 0 Å². The van der Waals surface area contributed by atoms with E-state index in [9.17, 15) is 13.2 Å². The number of carbonyl (C=O) groups is 1. The molecule has 0 aliphatic carbocycles. The molecule has 1 aliphatic rings. The minimum absolute atomic E-state index is 0.134. The van der Waals surface area contributed by atoms with Gasteiger partial charge in [-0.05, 0) is 17.5 Å². The molecule has 1 aromatic heterocycles. The lowest BCUT2D eigenvalue weighted by Crippen LogP contribution is -2.47. The van der Waals surface area contributed by atoms with Gasteiger partial charge in [0.25, 0.3) is 0 Å². The van der Waals surface area contributed by atoms with Gasteiger partial charge in [0.2, 0.25) is 15.9 Å². The fraction of sp³-hybridized carbons (Fsp3) is 0.364. The van der Waals surface area contributed by atoms with Crippen LogP contribution in [0.5, 0.6) is 0 Å². The van der Waals surface area contributed by atoms with Crippen molar-refractivity contribution in [3.05, 3.63) is 77.6 Å². The van der Waals surface area contributed by atoms with E-state index in [-0.39, 0.29) is 24.2 Å². The molecule has 9 nitrogen and oxygen atoms in total. The number of rotatable bonds is 7. The smallest absolute Gasteiger partial charge is 0.241 e. The Hall–Kier alpha value is -2.28. The fourth-order valence-corrected chi connectivity index (χ4v) is 5.54. The summed E-state index contributed by atoms with van der Waals surface area (Å²) in [7, 11) is -3.51. The third-order valence-electron chi connectivity index (χ3n) is 5.19. The predicted octanol–water partition coefficient (Wildman–Crippen LogP) is 2.64. The summed E-state index contributed by atoms with van der Waals surface area (Å²) in [6, 6.07) is 19.0. The van der Waals surface area contributed by atoms with Crippen molar-refractivity contribution in [2.45, 2.75) is 36.1 Å². The summed E-state index contributed by atoms with van der Waals surface area (Å²) in [5.74, 6) is 0.0706. The van der Waals surface area contributed by atoms with Gasteiger partial charge in [-0.25, -0.2) is 8.42 Å². The zero-order chi connectivity index (χ0) is 24.6. The second-order valence-electron chi connectivity index (χ2n) is 7.87. The molecular formula is C22H27BrN6O3S2. The van der Waals surface area contributed by atoms with E-state index in [1.807, 2.05) is 48.5 Å². The van der Waals surface area contributed by atoms with Crippen molar-refractivity contribution < 1.29 is 13.2 Å². The fourth-order valence-electron chi connectivity index (χ4n) is 3.59. The number of sulfonamides is 1. The number of amides is 1. The van der Waals surface area contributed by atoms with Gasteiger partial charge in [-0.3, -0.25) is 4.79 Å². The molecular weight excluding hydrogens is 540 g/mol. The van der Waals surface area contributed by atoms with Crippen LogP contribution in [0.3, 0.4) is 0 Å². The lowest BCUT2D eigenvalue weighted by Gasteiger charge is -2.28. The summed E-state index contributed by atoms with van der Waals surface area (Å²) in [4.78, 5) is 14.7. The van der Waals surface area contributed by atoms with Gasteiger partial charge in [0, 0.05) is 23.7 Å². The van der Waals surface area contributed by atoms with Gasteiger partial charge in [0.15, 0.2) is 5.82 Å². The maximum atomic E-state index is 13.2. The number of aromatic nitrogens is 4. The van der Waals surface area contributed by atoms with Crippen molar-refractivity contribution in [3.63, 3.8) is 0 Å². The topological polar surface area (TPSA) is 112 Å². The van der Waals surface area contributed by atoms with Crippen molar-refractivity contribution in [1.29, 1.82) is 0 Å². The van der Waals surface area contributed by atoms with Crippen LogP contribution < -0.4 is 0 Å². The highest BCUT2D eigenvalue weighted by molar-refractivity contribution is 9.08. The average molecular weight is 568 g/mol. The van der Waals surface area contributed by atoms with E-state index in [2.05, 4.69) is 61.3 Å². The molecule has 0 saturated carbocycles. The van der Waals surface area contributed by atoms with E-state index >= 15 is 0 Å². The second kappa shape index (κ2) is 12.4. The number of nitrogens with zero attached hydrogens (tertiary/aromatic N) is 5. The van der Waals surface area contributed by atoms with Crippen LogP contribution in [-0.2, 0) is 33.2 Å². The Bertz CT molecular complexity index is 1130. The molecule has 0 unspecified atom stereocenters. The van der Waals surface area contributed by atoms with Crippen LogP contribution >= 0.6 is 28.6 Å². The molecule has 0 radical (unpaired) electrons. The Morgan fingerprint density at radius 1 is 1.12 bits per heavy atom. The van der Waals surface area contributed by atoms with Gasteiger partial charge < -0.3 is 4.90 Å². The molecule has 0 spiro atoms. The van der Waals surface area contributed by atoms with Crippen LogP contribution in [0.1, 0.15) is 23.4 Å². The normalized spacial score (nSPS) is 18.2. The highest BCUT2D eigenvalue weighted by atomic mass is 79.9. The quantitative estimate of drug-likeness (QED) is 0.336. The summed E-state index contributed by atoms with van der Waals surface area (Å²) in [5.41, 5.74) is 2.25. The molecule has 2 heterocycles. The number of nitrogens with one attached hydrogen (secondary N) is 1. The highest BCUT2D eigenvalue weighted by Crippen LogP contribution is 2.26. The van der Waals surface area contributed by atoms with Crippen molar-refractivity contribution >= 4 is 44.5 Å². The van der Waals surface area contributed by atoms with Gasteiger partial charge >= 0.3 is 0 Å². The lowest BCUT2D eigenvalue weighted by atomic mass is 10.1. The number of hydrogen-bond acceptors (Lipinski definition) is 7. The zero-order valence-electron chi connectivity index (χ0n) is 18.7. The maximum Gasteiger partial charge on any atom is 0.241 e. The maximum absolute atomic E-state index is 13.2. The summed E-state index contributed by atoms with van der Waals surface area (Å²) >= 11 is 7.74. The van der Waals surface area contributed by atoms with Gasteiger partial charge in [-0.1, -0.05) is 81.8 Å². The third-order valence-corrected chi connectivity index (χ3v) is 7.47. The second-order valence-corrected chi connectivity index (χ2v) is 11.1. The number of hydrogen-bond donors (Lipinski definition) is 2. The molecule has 182 valence electrons. The third kappa shape index (κ3) is 7.62. The number of halogens is 1. The SMILES string of the molecule is BrCc1ccccc1.CS(=O)(=O)N1C[C@H](S)C[C@H]1C(=O)N(Cc1ccccc1)Cc1nn[nH]n1. The summed E-state index contributed by atoms with van der Waals surface area (Å²) in [6.07, 6.45) is 1.48. The minimum Gasteiger partial charge on any atom is -0.329 e. The summed E-state index contributed by atoms with van der Waals surface area (Å²) in [5, 5.41) is 14.4. The van der Waals surface area contributed by atoms with Crippen LogP contribution in [0.4, 0.5) is 0 Å². The standard InChI is InChI=1S/C15H20N6O3S2.C7H7Br/c1-26(23,24)21-9-12(25)7-13(21)15(22)20(10-14-16-18-19-17-14)8-11-5-3-2-4-6-11;8-6-7-4-2-1-3-5-7/h2-6,12-13,25H,7-10H2,1H3,(H,16,17,18,19);1-5H,6H2/t12-,13+;/m1./s1. The first-order valence-electron chi connectivity index (χ1n) is 10.6. The molecule has 1 saturated heterocycles. The summed E-state index contributed by atoms with van der Waals surface area (Å²) in [6.45, 7) is 0.675. The first-order chi connectivity index (χ1) is 16.3. The van der Waals surface area contributed by atoms with Crippen molar-refractivity contribution in [3.8, 4) is 0 Å². The van der Waals surface area contributed by atoms with E-state index < -0.39 is 16.1 Å². The molecule has 1 aliphatic heterocycles. The highest BCUT2D eigenvalue weighted by Gasteiger charge is 2.42. The van der Waals surface area contributed by atoms with E-state index in [1.54, 1.807) is 4.90 Å². The number of benzene rings is 2. The molecule has 34 heavy (non-hydrogen) atoms. The Labute approximate surface area is 213 Å². The molecule has 12 heteroatoms. The number of H-pyrrole nitrogens is 1. The Balaban J connectivity index is 0.000000343. The molecule has 4 rings (SSSR count). The van der Waals surface area contributed by atoms with Crippen molar-refractivity contribution in [1.82, 2.24) is 29.8 Å². The minimum atomic E-state index is -3.51. The van der Waals surface area contributed by atoms with Gasteiger partial charge in [-0.2, -0.15) is 22.1 Å². The first kappa shape index (κ1) is 26.3. The number of thiol groups is 1. The lowest BCUT2D eigenvalue weighted by molar-refractivity contribution is -0.136. The van der Waals surface area contributed by atoms with Crippen LogP contribution in [-0.4, -0.2) is 68.2 Å². The monoisotopic (exact) mass is 566 g/mol. The summed E-state index contributed by atoms with van der Waals surface area (Å²) < 4.78 is 25.4.